The number of ether oxygens (including phenoxy) is 1. The number of allylic oxidation sites excluding steroid dienone is 4. The summed E-state index contributed by atoms with van der Waals surface area (Å²) >= 11 is 0. The summed E-state index contributed by atoms with van der Waals surface area (Å²) in [6.07, 6.45) is 10.3. The van der Waals surface area contributed by atoms with Crippen LogP contribution in [0.15, 0.2) is 157 Å². The molecule has 0 radical (unpaired) electrons. The molecule has 1 atom stereocenters. The van der Waals surface area contributed by atoms with Gasteiger partial charge in [-0.25, -0.2) is 0 Å². The average Bonchev–Trinajstić information content (AvgIpc) is 3.84. The van der Waals surface area contributed by atoms with Crippen molar-refractivity contribution in [3.63, 3.8) is 0 Å². The third-order valence-electron chi connectivity index (χ3n) is 11.6. The summed E-state index contributed by atoms with van der Waals surface area (Å²) in [7, 11) is 0. The topological polar surface area (TPSA) is 19.1 Å². The zero-order chi connectivity index (χ0) is 32.6. The molecule has 234 valence electrons. The van der Waals surface area contributed by atoms with Gasteiger partial charge in [-0.05, 0) is 82.8 Å². The molecule has 8 aromatic rings. The Morgan fingerprint density at radius 2 is 1.34 bits per heavy atom. The summed E-state index contributed by atoms with van der Waals surface area (Å²) < 4.78 is 11.3. The van der Waals surface area contributed by atoms with Crippen LogP contribution in [0.25, 0.3) is 78.0 Å². The molecule has 3 nitrogen and oxygen atoms in total. The molecule has 0 saturated carbocycles. The minimum Gasteiger partial charge on any atom is -0.489 e. The second-order valence-electron chi connectivity index (χ2n) is 14.1. The molecule has 2 aromatic heterocycles. The molecule has 12 rings (SSSR count). The fourth-order valence-electron chi connectivity index (χ4n) is 9.47. The van der Waals surface area contributed by atoms with Gasteiger partial charge < -0.3 is 13.9 Å². The van der Waals surface area contributed by atoms with E-state index in [9.17, 15) is 0 Å². The predicted molar refractivity (Wildman–Crippen MR) is 205 cm³/mol. The molecule has 6 aromatic carbocycles. The zero-order valence-corrected chi connectivity index (χ0v) is 27.2. The van der Waals surface area contributed by atoms with Gasteiger partial charge in [0.25, 0.3) is 0 Å². The van der Waals surface area contributed by atoms with E-state index < -0.39 is 0 Å². The van der Waals surface area contributed by atoms with Gasteiger partial charge in [0.05, 0.1) is 27.7 Å². The van der Waals surface area contributed by atoms with Gasteiger partial charge >= 0.3 is 0 Å². The van der Waals surface area contributed by atoms with Crippen molar-refractivity contribution in [1.29, 1.82) is 0 Å². The fraction of sp³-hybridized carbons (Fsp3) is 0.0638. The molecule has 4 heterocycles. The minimum atomic E-state index is -0.198. The molecular formula is C47H30N2O. The van der Waals surface area contributed by atoms with Gasteiger partial charge in [-0.1, -0.05) is 109 Å². The van der Waals surface area contributed by atoms with Crippen LogP contribution >= 0.6 is 0 Å². The van der Waals surface area contributed by atoms with Crippen LogP contribution < -0.4 is 0 Å². The first-order valence-corrected chi connectivity index (χ1v) is 17.5. The normalized spacial score (nSPS) is 17.8. The molecule has 3 heteroatoms. The summed E-state index contributed by atoms with van der Waals surface area (Å²) in [5.74, 6) is 1.04. The van der Waals surface area contributed by atoms with Crippen molar-refractivity contribution >= 4 is 44.4 Å². The third-order valence-corrected chi connectivity index (χ3v) is 11.6. The maximum absolute atomic E-state index is 6.33. The lowest BCUT2D eigenvalue weighted by atomic mass is 9.67. The number of hydrogen-bond acceptors (Lipinski definition) is 1. The molecule has 1 unspecified atom stereocenters. The lowest BCUT2D eigenvalue weighted by Gasteiger charge is -2.41. The Labute approximate surface area is 289 Å². The smallest absolute Gasteiger partial charge is 0.124 e. The van der Waals surface area contributed by atoms with Gasteiger partial charge in [-0.15, -0.1) is 0 Å². The van der Waals surface area contributed by atoms with Gasteiger partial charge in [-0.2, -0.15) is 0 Å². The highest BCUT2D eigenvalue weighted by Crippen LogP contribution is 2.60. The highest BCUT2D eigenvalue weighted by Gasteiger charge is 2.50. The van der Waals surface area contributed by atoms with Gasteiger partial charge in [0, 0.05) is 44.2 Å². The maximum Gasteiger partial charge on any atom is 0.124 e. The second kappa shape index (κ2) is 9.43. The van der Waals surface area contributed by atoms with Gasteiger partial charge in [0.1, 0.15) is 12.4 Å². The molecular weight excluding hydrogens is 609 g/mol. The van der Waals surface area contributed by atoms with E-state index in [1.54, 1.807) is 0 Å². The van der Waals surface area contributed by atoms with Crippen molar-refractivity contribution in [2.24, 2.45) is 0 Å². The Kier molecular flexibility index (Phi) is 5.02. The van der Waals surface area contributed by atoms with Crippen molar-refractivity contribution < 1.29 is 4.74 Å². The molecule has 0 fully saturated rings. The minimum absolute atomic E-state index is 0.198. The van der Waals surface area contributed by atoms with Crippen molar-refractivity contribution in [2.45, 2.75) is 18.4 Å². The molecule has 0 N–H and O–H groups in total. The number of benzene rings is 6. The molecule has 0 saturated heterocycles. The van der Waals surface area contributed by atoms with Gasteiger partial charge in [0.2, 0.25) is 0 Å². The van der Waals surface area contributed by atoms with Gasteiger partial charge in [-0.3, -0.25) is 0 Å². The number of aromatic nitrogens is 2. The van der Waals surface area contributed by atoms with Crippen molar-refractivity contribution in [1.82, 2.24) is 9.13 Å². The third kappa shape index (κ3) is 3.30. The second-order valence-corrected chi connectivity index (χ2v) is 14.1. The van der Waals surface area contributed by atoms with E-state index in [1.165, 1.54) is 88.6 Å². The van der Waals surface area contributed by atoms with Crippen LogP contribution in [0, 0.1) is 0 Å². The Morgan fingerprint density at radius 1 is 0.560 bits per heavy atom. The molecule has 4 aliphatic rings. The molecule has 0 bridgehead atoms. The summed E-state index contributed by atoms with van der Waals surface area (Å²) in [6.45, 7) is 0.625. The Bertz CT molecular complexity index is 2900. The van der Waals surface area contributed by atoms with Crippen molar-refractivity contribution in [2.75, 3.05) is 0 Å². The number of hydrogen-bond donors (Lipinski definition) is 0. The summed E-state index contributed by atoms with van der Waals surface area (Å²) in [4.78, 5) is 0. The molecule has 50 heavy (non-hydrogen) atoms. The lowest BCUT2D eigenvalue weighted by molar-refractivity contribution is 0.207. The van der Waals surface area contributed by atoms with E-state index in [4.69, 9.17) is 4.74 Å². The first kappa shape index (κ1) is 26.6. The van der Waals surface area contributed by atoms with Crippen LogP contribution in [0.3, 0.4) is 0 Å². The molecule has 0 amide bonds. The molecule has 1 spiro atoms. The molecule has 2 aliphatic heterocycles. The van der Waals surface area contributed by atoms with E-state index in [-0.39, 0.29) is 5.41 Å². The van der Waals surface area contributed by atoms with Crippen LogP contribution in [0.1, 0.15) is 28.8 Å². The summed E-state index contributed by atoms with van der Waals surface area (Å²) in [5.41, 5.74) is 17.5. The van der Waals surface area contributed by atoms with E-state index in [1.807, 2.05) is 0 Å². The number of fused-ring (bicyclic) bond motifs is 7. The van der Waals surface area contributed by atoms with E-state index in [0.29, 0.717) is 6.61 Å². The van der Waals surface area contributed by atoms with E-state index in [2.05, 4.69) is 167 Å². The summed E-state index contributed by atoms with van der Waals surface area (Å²) in [5, 5.41) is 3.82. The maximum atomic E-state index is 6.33. The van der Waals surface area contributed by atoms with Crippen molar-refractivity contribution in [3.8, 4) is 33.6 Å². The van der Waals surface area contributed by atoms with Crippen LogP contribution in [0.4, 0.5) is 0 Å². The van der Waals surface area contributed by atoms with Crippen LogP contribution in [-0.4, -0.2) is 9.13 Å². The Hall–Kier alpha value is -6.32. The standard InChI is InChI=1S/C47H30N2O/c1-2-9-29(10-3-1)30-11-6-13-34(25-30)48-39-16-5-4-14-35(39)36-20-18-32(27-42(36)48)31-19-21-40-38(26-31)37-15-8-23-47-24-22-43-45(47)44-33(28-50-43)12-7-17-41(44)49(40)46(37)47/h1-22,24-27H,23,28H2. The monoisotopic (exact) mass is 638 g/mol. The largest absolute Gasteiger partial charge is 0.489 e. The quantitative estimate of drug-likeness (QED) is 0.188. The molecule has 2 aliphatic carbocycles. The number of nitrogens with zero attached hydrogens (tertiary/aromatic N) is 2. The average molecular weight is 639 g/mol. The highest BCUT2D eigenvalue weighted by molar-refractivity contribution is 6.11. The van der Waals surface area contributed by atoms with E-state index in [0.717, 1.165) is 17.9 Å². The lowest BCUT2D eigenvalue weighted by Crippen LogP contribution is -2.34. The SMILES string of the molecule is C1=Cc2c3n(c4ccc(-c5ccc6c7ccccc7n(-c7cccc(-c8ccccc8)c7)c6c5)cc24)-c2cccc4c2C2=C(C=CC23C1)OC4. The highest BCUT2D eigenvalue weighted by atomic mass is 16.5. The first-order chi connectivity index (χ1) is 24.8. The zero-order valence-electron chi connectivity index (χ0n) is 27.2. The number of rotatable bonds is 3. The van der Waals surface area contributed by atoms with E-state index >= 15 is 0 Å². The summed E-state index contributed by atoms with van der Waals surface area (Å²) in [6, 6.07) is 49.2. The van der Waals surface area contributed by atoms with Crippen LogP contribution in [0.5, 0.6) is 0 Å². The first-order valence-electron chi connectivity index (χ1n) is 17.5. The van der Waals surface area contributed by atoms with Crippen LogP contribution in [0.2, 0.25) is 0 Å². The predicted octanol–water partition coefficient (Wildman–Crippen LogP) is 11.5. The van der Waals surface area contributed by atoms with Crippen LogP contribution in [-0.2, 0) is 16.8 Å². The fourth-order valence-corrected chi connectivity index (χ4v) is 9.47. The number of para-hydroxylation sites is 1. The Balaban J connectivity index is 1.08. The Morgan fingerprint density at radius 3 is 2.30 bits per heavy atom. The van der Waals surface area contributed by atoms with Gasteiger partial charge in [0.15, 0.2) is 0 Å². The van der Waals surface area contributed by atoms with Crippen molar-refractivity contribution in [3.05, 3.63) is 180 Å².